The van der Waals surface area contributed by atoms with E-state index in [9.17, 15) is 17.1 Å². The Morgan fingerprint density at radius 1 is 1.06 bits per heavy atom. The summed E-state index contributed by atoms with van der Waals surface area (Å²) in [5.41, 5.74) is 2.26. The molecule has 0 N–H and O–H groups in total. The summed E-state index contributed by atoms with van der Waals surface area (Å²) >= 11 is 11.6. The molecule has 3 aromatic rings. The van der Waals surface area contributed by atoms with E-state index in [2.05, 4.69) is 10.2 Å². The number of ether oxygens (including phenoxy) is 1. The van der Waals surface area contributed by atoms with Crippen LogP contribution in [-0.4, -0.2) is 34.6 Å². The van der Waals surface area contributed by atoms with Gasteiger partial charge in [0.1, 0.15) is 17.2 Å². The lowest BCUT2D eigenvalue weighted by atomic mass is 10.2. The van der Waals surface area contributed by atoms with E-state index < -0.39 is 26.1 Å². The van der Waals surface area contributed by atoms with Crippen LogP contribution in [0.2, 0.25) is 10.0 Å². The van der Waals surface area contributed by atoms with E-state index in [0.29, 0.717) is 6.54 Å². The van der Waals surface area contributed by atoms with Crippen LogP contribution in [0.1, 0.15) is 15.9 Å². The summed E-state index contributed by atoms with van der Waals surface area (Å²) in [6, 6.07) is 16.5. The Bertz CT molecular complexity index is 1350. The smallest absolute Gasteiger partial charge is 0.338 e. The molecule has 0 aliphatic rings. The average molecular weight is 524 g/mol. The Kier molecular flexibility index (Phi) is 8.24. The molecule has 178 valence electrons. The van der Waals surface area contributed by atoms with Gasteiger partial charge in [-0.3, -0.25) is 0 Å². The van der Waals surface area contributed by atoms with Gasteiger partial charge in [0.15, 0.2) is 0 Å². The van der Waals surface area contributed by atoms with Crippen molar-refractivity contribution >= 4 is 56.5 Å². The third-order valence-corrected chi connectivity index (χ3v) is 6.55. The van der Waals surface area contributed by atoms with Gasteiger partial charge in [0.2, 0.25) is 0 Å². The molecule has 7 nitrogen and oxygen atoms in total. The molecule has 0 aromatic heterocycles. The summed E-state index contributed by atoms with van der Waals surface area (Å²) in [6.45, 7) is 2.66. The van der Waals surface area contributed by atoms with Crippen LogP contribution < -0.4 is 4.90 Å². The number of azo groups is 1. The van der Waals surface area contributed by atoms with Crippen molar-refractivity contribution in [2.45, 2.75) is 11.8 Å². The quantitative estimate of drug-likeness (QED) is 0.187. The van der Waals surface area contributed by atoms with Crippen LogP contribution in [0.15, 0.2) is 75.8 Å². The third kappa shape index (κ3) is 6.53. The fourth-order valence-electron chi connectivity index (χ4n) is 2.99. The number of benzene rings is 3. The molecule has 0 heterocycles. The highest BCUT2D eigenvalue weighted by atomic mass is 35.5. The van der Waals surface area contributed by atoms with Gasteiger partial charge in [0.05, 0.1) is 27.8 Å². The van der Waals surface area contributed by atoms with Crippen LogP contribution in [0, 0.1) is 6.92 Å². The van der Waals surface area contributed by atoms with Crippen LogP contribution >= 0.6 is 23.2 Å². The molecule has 34 heavy (non-hydrogen) atoms. The van der Waals surface area contributed by atoms with Crippen LogP contribution in [0.3, 0.4) is 0 Å². The SMILES string of the molecule is Cc1cccc(N(C)CCOC(=O)c2cccc(N=Nc3ccc(Cl)c(Cl)c3S(=O)(=O)F)c2)c1. The van der Waals surface area contributed by atoms with E-state index in [1.807, 2.05) is 43.1 Å². The molecular formula is C23H20Cl2FN3O4S. The van der Waals surface area contributed by atoms with Gasteiger partial charge < -0.3 is 9.64 Å². The largest absolute Gasteiger partial charge is 0.460 e. The highest BCUT2D eigenvalue weighted by Gasteiger charge is 2.24. The molecule has 3 aromatic carbocycles. The van der Waals surface area contributed by atoms with Crippen molar-refractivity contribution in [1.29, 1.82) is 0 Å². The van der Waals surface area contributed by atoms with Gasteiger partial charge in [0.25, 0.3) is 0 Å². The second kappa shape index (κ2) is 10.9. The fraction of sp³-hybridized carbons (Fsp3) is 0.174. The van der Waals surface area contributed by atoms with Gasteiger partial charge >= 0.3 is 16.2 Å². The fourth-order valence-corrected chi connectivity index (χ4v) is 4.32. The van der Waals surface area contributed by atoms with E-state index >= 15 is 0 Å². The standard InChI is InChI=1S/C23H20Cl2FN3O4S/c1-15-5-3-8-18(13-15)29(2)11-12-33-23(30)16-6-4-7-17(14-16)27-28-20-10-9-19(24)21(25)22(20)34(26,31)32/h3-10,13-14H,11-12H2,1-2H3. The summed E-state index contributed by atoms with van der Waals surface area (Å²) in [6.07, 6.45) is 0. The zero-order valence-corrected chi connectivity index (χ0v) is 20.5. The summed E-state index contributed by atoms with van der Waals surface area (Å²) in [7, 11) is -3.30. The van der Waals surface area contributed by atoms with Crippen LogP contribution in [-0.2, 0) is 15.0 Å². The van der Waals surface area contributed by atoms with E-state index in [1.54, 1.807) is 12.1 Å². The number of nitrogens with zero attached hydrogens (tertiary/aromatic N) is 3. The summed E-state index contributed by atoms with van der Waals surface area (Å²) in [5, 5.41) is 7.04. The van der Waals surface area contributed by atoms with Crippen molar-refractivity contribution in [3.63, 3.8) is 0 Å². The Hall–Kier alpha value is -3.01. The number of anilines is 1. The molecule has 0 spiro atoms. The second-order valence-electron chi connectivity index (χ2n) is 7.29. The molecule has 0 atom stereocenters. The van der Waals surface area contributed by atoms with Gasteiger partial charge in [-0.2, -0.15) is 13.5 Å². The monoisotopic (exact) mass is 523 g/mol. The molecule has 0 radical (unpaired) electrons. The Labute approximate surface area is 207 Å². The van der Waals surface area contributed by atoms with Crippen molar-refractivity contribution < 1.29 is 21.8 Å². The van der Waals surface area contributed by atoms with E-state index in [-0.39, 0.29) is 28.6 Å². The number of hydrogen-bond acceptors (Lipinski definition) is 7. The highest BCUT2D eigenvalue weighted by Crippen LogP contribution is 2.38. The number of rotatable bonds is 8. The minimum Gasteiger partial charge on any atom is -0.460 e. The Morgan fingerprint density at radius 2 is 1.79 bits per heavy atom. The maximum atomic E-state index is 13.7. The van der Waals surface area contributed by atoms with Gasteiger partial charge in [-0.05, 0) is 55.0 Å². The van der Waals surface area contributed by atoms with Crippen molar-refractivity contribution in [2.24, 2.45) is 10.2 Å². The van der Waals surface area contributed by atoms with Crippen LogP contribution in [0.25, 0.3) is 0 Å². The van der Waals surface area contributed by atoms with Crippen molar-refractivity contribution in [3.05, 3.63) is 81.8 Å². The average Bonchev–Trinajstić information content (AvgIpc) is 2.79. The normalized spacial score (nSPS) is 11.6. The van der Waals surface area contributed by atoms with Crippen molar-refractivity contribution in [3.8, 4) is 0 Å². The molecule has 3 rings (SSSR count). The minimum atomic E-state index is -5.20. The predicted octanol–water partition coefficient (Wildman–Crippen LogP) is 6.67. The number of carbonyl (C=O) groups is 1. The first kappa shape index (κ1) is 25.6. The molecule has 0 saturated heterocycles. The predicted molar refractivity (Wildman–Crippen MR) is 130 cm³/mol. The number of carbonyl (C=O) groups excluding carboxylic acids is 1. The second-order valence-corrected chi connectivity index (χ2v) is 9.36. The molecule has 0 unspecified atom stereocenters. The number of halogens is 3. The van der Waals surface area contributed by atoms with Gasteiger partial charge in [-0.15, -0.1) is 9.00 Å². The Balaban J connectivity index is 1.69. The molecule has 0 bridgehead atoms. The first-order valence-electron chi connectivity index (χ1n) is 9.95. The van der Waals surface area contributed by atoms with E-state index in [0.717, 1.165) is 11.3 Å². The molecule has 0 fully saturated rings. The lowest BCUT2D eigenvalue weighted by molar-refractivity contribution is 0.0516. The molecule has 0 aliphatic heterocycles. The maximum Gasteiger partial charge on any atom is 0.338 e. The van der Waals surface area contributed by atoms with Crippen LogP contribution in [0.5, 0.6) is 0 Å². The molecule has 0 amide bonds. The first-order valence-corrected chi connectivity index (χ1v) is 12.1. The summed E-state index contributed by atoms with van der Waals surface area (Å²) < 4.78 is 42.0. The molecule has 0 aliphatic carbocycles. The molecule has 11 heteroatoms. The molecular weight excluding hydrogens is 504 g/mol. The Morgan fingerprint density at radius 3 is 2.50 bits per heavy atom. The van der Waals surface area contributed by atoms with Gasteiger partial charge in [0, 0.05) is 12.7 Å². The third-order valence-electron chi connectivity index (χ3n) is 4.73. The lowest BCUT2D eigenvalue weighted by Gasteiger charge is -2.19. The zero-order chi connectivity index (χ0) is 24.9. The number of likely N-dealkylation sites (N-methyl/N-ethyl adjacent to an activating group) is 1. The van der Waals surface area contributed by atoms with Crippen LogP contribution in [0.4, 0.5) is 20.9 Å². The van der Waals surface area contributed by atoms with Gasteiger partial charge in [-0.1, -0.05) is 41.4 Å². The topological polar surface area (TPSA) is 88.4 Å². The lowest BCUT2D eigenvalue weighted by Crippen LogP contribution is -2.24. The van der Waals surface area contributed by atoms with Crippen molar-refractivity contribution in [1.82, 2.24) is 0 Å². The van der Waals surface area contributed by atoms with E-state index in [1.165, 1.54) is 24.3 Å². The maximum absolute atomic E-state index is 13.7. The number of hydrogen-bond donors (Lipinski definition) is 0. The minimum absolute atomic E-state index is 0.144. The van der Waals surface area contributed by atoms with Crippen molar-refractivity contribution in [2.75, 3.05) is 25.1 Å². The molecule has 0 saturated carbocycles. The first-order chi connectivity index (χ1) is 16.1. The summed E-state index contributed by atoms with van der Waals surface area (Å²) in [4.78, 5) is 13.5. The van der Waals surface area contributed by atoms with Gasteiger partial charge in [-0.25, -0.2) is 4.79 Å². The number of esters is 1. The highest BCUT2D eigenvalue weighted by molar-refractivity contribution is 7.86. The number of aryl methyl sites for hydroxylation is 1. The summed E-state index contributed by atoms with van der Waals surface area (Å²) in [5.74, 6) is -0.559. The zero-order valence-electron chi connectivity index (χ0n) is 18.2. The van der Waals surface area contributed by atoms with E-state index in [4.69, 9.17) is 27.9 Å².